The van der Waals surface area contributed by atoms with Crippen LogP contribution in [0.2, 0.25) is 0 Å². The Morgan fingerprint density at radius 2 is 0.852 bits per heavy atom. The molecule has 4 aliphatic carbocycles. The SMILES string of the molecule is [C-]#[N+]/C(C#N)=C1\C(=C\c2cc3sc4c(c3s2)C(c2ccc(C)cc2)(c2ccc(C)cc2)c2cc3c(cc2-4)C(c2ccc(C)cc2)(c2ccc(C)cc2)c2cc(/C=C4\C(=O)c5ccccc5\C4=C(\C#N)[N+]#[C-])sc2-3)C(=O)c2ccccc21. The van der Waals surface area contributed by atoms with Crippen LogP contribution in [0.4, 0.5) is 0 Å². The number of carbonyl (C=O) groups is 2. The van der Waals surface area contributed by atoms with E-state index in [1.807, 2.05) is 48.6 Å². The molecule has 3 aromatic heterocycles. The lowest BCUT2D eigenvalue weighted by Gasteiger charge is -2.35. The van der Waals surface area contributed by atoms with E-state index in [2.05, 4.69) is 171 Å². The summed E-state index contributed by atoms with van der Waals surface area (Å²) in [6.45, 7) is 24.4. The minimum absolute atomic E-state index is 0.113. The van der Waals surface area contributed by atoms with Gasteiger partial charge in [-0.2, -0.15) is 0 Å². The van der Waals surface area contributed by atoms with Crippen molar-refractivity contribution in [1.82, 2.24) is 0 Å². The predicted molar refractivity (Wildman–Crippen MR) is 327 cm³/mol. The van der Waals surface area contributed by atoms with E-state index in [-0.39, 0.29) is 23.0 Å². The average molecular weight is 1090 g/mol. The maximum atomic E-state index is 14.5. The first-order valence-electron chi connectivity index (χ1n) is 26.4. The minimum atomic E-state index is -0.840. The molecule has 0 atom stereocenters. The van der Waals surface area contributed by atoms with Gasteiger partial charge in [-0.3, -0.25) is 9.59 Å². The Balaban J connectivity index is 1.08. The van der Waals surface area contributed by atoms with Crippen LogP contribution in [0.25, 0.3) is 63.3 Å². The molecule has 14 rings (SSSR count). The number of thiophene rings is 3. The molecule has 10 aromatic rings. The number of Topliss-reactive ketones (excluding diaryl/α,β-unsaturated/α-hetero) is 2. The van der Waals surface area contributed by atoms with Crippen LogP contribution in [0, 0.1) is 63.5 Å². The monoisotopic (exact) mass is 1090 g/mol. The molecule has 81 heavy (non-hydrogen) atoms. The molecule has 380 valence electrons. The van der Waals surface area contributed by atoms with E-state index in [1.165, 1.54) is 5.56 Å². The van der Waals surface area contributed by atoms with E-state index in [4.69, 9.17) is 13.1 Å². The van der Waals surface area contributed by atoms with Crippen LogP contribution in [-0.4, -0.2) is 11.6 Å². The summed E-state index contributed by atoms with van der Waals surface area (Å²) in [6, 6.07) is 63.5. The molecule has 0 bridgehead atoms. The highest BCUT2D eigenvalue weighted by Crippen LogP contribution is 2.67. The van der Waals surface area contributed by atoms with Crippen molar-refractivity contribution < 1.29 is 9.59 Å². The molecular weight excluding hydrogens is 1050 g/mol. The molecule has 6 nitrogen and oxygen atoms in total. The first-order valence-corrected chi connectivity index (χ1v) is 28.8. The zero-order valence-corrected chi connectivity index (χ0v) is 46.6. The number of ketones is 2. The second-order valence-corrected chi connectivity index (χ2v) is 24.4. The average Bonchev–Trinajstić information content (AvgIpc) is 3.01. The largest absolute Gasteiger partial charge is 0.289 e. The molecule has 4 aliphatic rings. The zero-order chi connectivity index (χ0) is 55.6. The van der Waals surface area contributed by atoms with Crippen molar-refractivity contribution in [3.63, 3.8) is 0 Å². The van der Waals surface area contributed by atoms with Crippen molar-refractivity contribution in [3.8, 4) is 33.0 Å². The Hall–Kier alpha value is -9.84. The van der Waals surface area contributed by atoms with Crippen molar-refractivity contribution in [1.29, 1.82) is 10.5 Å². The summed E-state index contributed by atoms with van der Waals surface area (Å²) in [5, 5.41) is 20.5. The van der Waals surface area contributed by atoms with Crippen molar-refractivity contribution >= 4 is 78.3 Å². The van der Waals surface area contributed by atoms with Crippen LogP contribution >= 0.6 is 34.0 Å². The number of hydrogen-bond donors (Lipinski definition) is 0. The van der Waals surface area contributed by atoms with Crippen LogP contribution in [0.1, 0.15) is 108 Å². The number of hydrogen-bond acceptors (Lipinski definition) is 7. The number of fused-ring (bicyclic) bond motifs is 10. The molecule has 0 N–H and O–H groups in total. The lowest BCUT2D eigenvalue weighted by molar-refractivity contribution is 0.103. The fraction of sp³-hybridized carbons (Fsp3) is 0.0833. The van der Waals surface area contributed by atoms with Gasteiger partial charge < -0.3 is 0 Å². The first-order chi connectivity index (χ1) is 39.4. The fourth-order valence-electron chi connectivity index (χ4n) is 13.1. The lowest BCUT2D eigenvalue weighted by atomic mass is 9.65. The van der Waals surface area contributed by atoms with Crippen LogP contribution in [-0.2, 0) is 10.8 Å². The fourth-order valence-corrected chi connectivity index (χ4v) is 17.0. The Kier molecular flexibility index (Phi) is 11.2. The van der Waals surface area contributed by atoms with E-state index < -0.39 is 10.8 Å². The number of aryl methyl sites for hydroxylation is 4. The van der Waals surface area contributed by atoms with E-state index in [1.54, 1.807) is 46.1 Å². The van der Waals surface area contributed by atoms with E-state index in [0.29, 0.717) is 44.5 Å². The molecule has 0 saturated carbocycles. The molecular formula is C72H42N4O2S3. The highest BCUT2D eigenvalue weighted by molar-refractivity contribution is 7.30. The summed E-state index contributed by atoms with van der Waals surface area (Å²) in [4.78, 5) is 40.0. The molecule has 7 aromatic carbocycles. The van der Waals surface area contributed by atoms with Gasteiger partial charge in [0.2, 0.25) is 0 Å². The van der Waals surface area contributed by atoms with E-state index in [0.717, 1.165) is 101 Å². The van der Waals surface area contributed by atoms with Gasteiger partial charge in [-0.15, -0.1) is 34.0 Å². The van der Waals surface area contributed by atoms with Gasteiger partial charge in [-0.05, 0) is 125 Å². The molecule has 0 saturated heterocycles. The second-order valence-electron chi connectivity index (χ2n) is 21.2. The summed E-state index contributed by atoms with van der Waals surface area (Å²) in [5.41, 5.74) is 17.3. The normalized spacial score (nSPS) is 16.9. The standard InChI is InChI=1S/C72H42N4O2S3/c1-39-15-23-43(24-16-39)71(44-25-17-40(2)18-26-44)57-36-54-58(35-53(57)68-59(71)33-47(79-68)31-55-63(60(37-73)75-5)49-11-7-9-13-51(49)66(55)77)72(45-27-19-41(3)20-28-45,46-29-21-42(4)22-30-46)65-69(54)81-62-34-48(80-70(62)65)32-56-64(61(38-74)76-6)50-12-8-10-14-52(50)67(56)78/h7-36H,1-4H3/b55-31-,56-32-,63-60+,64-61-. The van der Waals surface area contributed by atoms with Crippen molar-refractivity contribution in [3.05, 3.63) is 314 Å². The predicted octanol–water partition coefficient (Wildman–Crippen LogP) is 17.9. The van der Waals surface area contributed by atoms with Gasteiger partial charge in [-0.25, -0.2) is 20.2 Å². The molecule has 0 fully saturated rings. The Labute approximate surface area is 480 Å². The molecule has 0 amide bonds. The van der Waals surface area contributed by atoms with Crippen LogP contribution in [0.5, 0.6) is 0 Å². The molecule has 9 heteroatoms. The smallest absolute Gasteiger partial charge is 0.270 e. The second kappa shape index (κ2) is 18.4. The Morgan fingerprint density at radius 1 is 0.457 bits per heavy atom. The zero-order valence-electron chi connectivity index (χ0n) is 44.2. The van der Waals surface area contributed by atoms with Gasteiger partial charge in [0.15, 0.2) is 11.6 Å². The molecule has 3 heterocycles. The third-order valence-corrected chi connectivity index (χ3v) is 20.2. The number of nitriles is 2. The van der Waals surface area contributed by atoms with Crippen molar-refractivity contribution in [2.75, 3.05) is 0 Å². The van der Waals surface area contributed by atoms with Crippen molar-refractivity contribution in [2.24, 2.45) is 0 Å². The number of benzene rings is 7. The molecule has 0 aliphatic heterocycles. The topological polar surface area (TPSA) is 90.4 Å². The summed E-state index contributed by atoms with van der Waals surface area (Å²) in [6.07, 6.45) is 3.77. The number of allylic oxidation sites excluding steroid dienone is 6. The third-order valence-electron chi connectivity index (χ3n) is 16.7. The number of carbonyl (C=O) groups excluding carboxylic acids is 2. The maximum absolute atomic E-state index is 14.5. The van der Waals surface area contributed by atoms with Crippen LogP contribution in [0.15, 0.2) is 192 Å². The van der Waals surface area contributed by atoms with Gasteiger partial charge in [0.1, 0.15) is 0 Å². The van der Waals surface area contributed by atoms with Crippen molar-refractivity contribution in [2.45, 2.75) is 38.5 Å². The summed E-state index contributed by atoms with van der Waals surface area (Å²) < 4.78 is 2.16. The highest BCUT2D eigenvalue weighted by atomic mass is 32.1. The Bertz CT molecular complexity index is 4670. The molecule has 0 spiro atoms. The maximum Gasteiger partial charge on any atom is 0.270 e. The van der Waals surface area contributed by atoms with E-state index in [9.17, 15) is 20.1 Å². The summed E-state index contributed by atoms with van der Waals surface area (Å²) >= 11 is 5.01. The lowest BCUT2D eigenvalue weighted by Crippen LogP contribution is -2.30. The quantitative estimate of drug-likeness (QED) is 0.0942. The van der Waals surface area contributed by atoms with Crippen LogP contribution < -0.4 is 0 Å². The van der Waals surface area contributed by atoms with Gasteiger partial charge in [-0.1, -0.05) is 168 Å². The highest BCUT2D eigenvalue weighted by Gasteiger charge is 2.54. The first kappa shape index (κ1) is 49.5. The molecule has 0 radical (unpaired) electrons. The summed E-state index contributed by atoms with van der Waals surface area (Å²) in [5.74, 6) is -0.426. The van der Waals surface area contributed by atoms with Gasteiger partial charge in [0.05, 0.1) is 40.8 Å². The number of rotatable bonds is 6. The number of nitrogens with zero attached hydrogens (tertiary/aromatic N) is 4. The van der Waals surface area contributed by atoms with E-state index >= 15 is 0 Å². The third kappa shape index (κ3) is 6.98. The van der Waals surface area contributed by atoms with Gasteiger partial charge in [0.25, 0.3) is 11.4 Å². The van der Waals surface area contributed by atoms with Gasteiger partial charge in [0, 0.05) is 63.2 Å². The Morgan fingerprint density at radius 3 is 1.28 bits per heavy atom. The van der Waals surface area contributed by atoms with Crippen LogP contribution in [0.3, 0.4) is 0 Å². The molecule has 0 unspecified atom stereocenters. The summed E-state index contributed by atoms with van der Waals surface area (Å²) in [7, 11) is 0. The van der Waals surface area contributed by atoms with Gasteiger partial charge >= 0.3 is 0 Å². The minimum Gasteiger partial charge on any atom is -0.289 e.